The number of ether oxygens (including phenoxy) is 1. The Morgan fingerprint density at radius 2 is 1.91 bits per heavy atom. The Hall–Kier alpha value is -2.56. The van der Waals surface area contributed by atoms with Crippen molar-refractivity contribution in [3.63, 3.8) is 0 Å². The van der Waals surface area contributed by atoms with Crippen LogP contribution in [-0.4, -0.2) is 38.7 Å². The van der Waals surface area contributed by atoms with Crippen molar-refractivity contribution in [2.45, 2.75) is 37.0 Å². The van der Waals surface area contributed by atoms with E-state index < -0.39 is 9.84 Å². The lowest BCUT2D eigenvalue weighted by Crippen LogP contribution is -2.16. The number of aliphatic hydroxyl groups excluding tert-OH is 1. The molecule has 3 aromatic carbocycles. The second-order valence-corrected chi connectivity index (χ2v) is 11.3. The Morgan fingerprint density at radius 1 is 1.17 bits per heavy atom. The van der Waals surface area contributed by atoms with Crippen LogP contribution in [0.3, 0.4) is 0 Å². The maximum Gasteiger partial charge on any atom is 0.178 e. The van der Waals surface area contributed by atoms with Crippen LogP contribution in [0.2, 0.25) is 10.0 Å². The molecule has 0 bridgehead atoms. The first-order valence-electron chi connectivity index (χ1n) is 11.3. The van der Waals surface area contributed by atoms with Gasteiger partial charge in [-0.25, -0.2) is 8.42 Å². The van der Waals surface area contributed by atoms with E-state index in [1.807, 2.05) is 6.07 Å². The topological polar surface area (TPSA) is 76.0 Å². The molecule has 0 fully saturated rings. The molecule has 0 amide bonds. The molecule has 0 aliphatic carbocycles. The van der Waals surface area contributed by atoms with Gasteiger partial charge in [-0.05, 0) is 60.7 Å². The fourth-order valence-electron chi connectivity index (χ4n) is 4.32. The van der Waals surface area contributed by atoms with E-state index in [0.29, 0.717) is 39.0 Å². The summed E-state index contributed by atoms with van der Waals surface area (Å²) in [5, 5.41) is 11.2. The minimum atomic E-state index is -3.30. The van der Waals surface area contributed by atoms with E-state index in [-0.39, 0.29) is 23.2 Å². The highest BCUT2D eigenvalue weighted by Gasteiger charge is 2.25. The Bertz CT molecular complexity index is 1370. The third-order valence-electron chi connectivity index (χ3n) is 6.24. The van der Waals surface area contributed by atoms with Gasteiger partial charge >= 0.3 is 0 Å². The zero-order valence-electron chi connectivity index (χ0n) is 19.4. The second kappa shape index (κ2) is 10.6. The Balaban J connectivity index is 1.80. The molecule has 0 saturated heterocycles. The number of benzene rings is 2. The van der Waals surface area contributed by atoms with Crippen LogP contribution in [0.25, 0.3) is 11.1 Å². The standard InChI is InChI=1S/C27H25Cl2NO4S/c1-3-35(32,33)19-13-11-17(12-14-19)21(16-31)23-9-6-7-18-15-22(28)25(26(29)27(18)30-23)20-8-4-5-10-24(20)34-2/h5,10-15,21,31H,3,6-7,9,16H2,1-2H3. The van der Waals surface area contributed by atoms with Crippen LogP contribution >= 0.6 is 23.2 Å². The molecule has 182 valence electrons. The van der Waals surface area contributed by atoms with E-state index in [1.54, 1.807) is 50.4 Å². The third-order valence-corrected chi connectivity index (χ3v) is 8.66. The number of nitrogens with zero attached hydrogens (tertiary/aromatic N) is 1. The van der Waals surface area contributed by atoms with Crippen LogP contribution in [0, 0.1) is 12.1 Å². The summed E-state index contributed by atoms with van der Waals surface area (Å²) < 4.78 is 29.8. The van der Waals surface area contributed by atoms with E-state index in [4.69, 9.17) is 32.9 Å². The van der Waals surface area contributed by atoms with Gasteiger partial charge in [-0.1, -0.05) is 54.4 Å². The smallest absolute Gasteiger partial charge is 0.178 e. The second-order valence-electron chi connectivity index (χ2n) is 8.27. The summed E-state index contributed by atoms with van der Waals surface area (Å²) >= 11 is 13.6. The lowest BCUT2D eigenvalue weighted by molar-refractivity contribution is 0.288. The van der Waals surface area contributed by atoms with Crippen molar-refractivity contribution >= 4 is 44.4 Å². The molecule has 0 radical (unpaired) electrons. The van der Waals surface area contributed by atoms with E-state index in [2.05, 4.69) is 12.1 Å². The van der Waals surface area contributed by atoms with Gasteiger partial charge in [0.25, 0.3) is 0 Å². The molecule has 8 heteroatoms. The lowest BCUT2D eigenvalue weighted by Gasteiger charge is -2.18. The molecular formula is C27H25Cl2NO4S. The van der Waals surface area contributed by atoms with Crippen molar-refractivity contribution in [2.75, 3.05) is 19.5 Å². The van der Waals surface area contributed by atoms with Crippen LogP contribution in [0.4, 0.5) is 5.69 Å². The molecule has 1 unspecified atom stereocenters. The first kappa shape index (κ1) is 25.5. The summed E-state index contributed by atoms with van der Waals surface area (Å²) in [6.45, 7) is 1.45. The summed E-state index contributed by atoms with van der Waals surface area (Å²) in [6.07, 6.45) is 2.20. The molecule has 1 N–H and O–H groups in total. The highest BCUT2D eigenvalue weighted by molar-refractivity contribution is 7.91. The average molecular weight is 530 g/mol. The number of fused-ring (bicyclic) bond motifs is 1. The van der Waals surface area contributed by atoms with Gasteiger partial charge in [0.05, 0.1) is 45.7 Å². The zero-order chi connectivity index (χ0) is 25.2. The Morgan fingerprint density at radius 3 is 2.57 bits per heavy atom. The van der Waals surface area contributed by atoms with Gasteiger partial charge in [0.15, 0.2) is 9.84 Å². The van der Waals surface area contributed by atoms with Crippen LogP contribution in [0.5, 0.6) is 5.75 Å². The van der Waals surface area contributed by atoms with Gasteiger partial charge in [-0.2, -0.15) is 0 Å². The van der Waals surface area contributed by atoms with Crippen molar-refractivity contribution in [3.05, 3.63) is 75.8 Å². The fourth-order valence-corrected chi connectivity index (χ4v) is 5.93. The van der Waals surface area contributed by atoms with Gasteiger partial charge in [-0.15, -0.1) is 0 Å². The molecule has 1 heterocycles. The van der Waals surface area contributed by atoms with Gasteiger partial charge in [0.1, 0.15) is 5.75 Å². The molecule has 1 atom stereocenters. The third kappa shape index (κ3) is 5.05. The monoisotopic (exact) mass is 529 g/mol. The van der Waals surface area contributed by atoms with Crippen molar-refractivity contribution in [2.24, 2.45) is 4.99 Å². The largest absolute Gasteiger partial charge is 0.495 e. The lowest BCUT2D eigenvalue weighted by atomic mass is 9.92. The molecule has 1 aliphatic heterocycles. The highest BCUT2D eigenvalue weighted by Crippen LogP contribution is 2.46. The van der Waals surface area contributed by atoms with Crippen LogP contribution in [-0.2, 0) is 16.3 Å². The maximum absolute atomic E-state index is 12.2. The molecular weight excluding hydrogens is 505 g/mol. The minimum absolute atomic E-state index is 0.0318. The average Bonchev–Trinajstić information content (AvgIpc) is 3.08. The fraction of sp³-hybridized carbons (Fsp3) is 0.296. The number of hydrogen-bond donors (Lipinski definition) is 1. The summed E-state index contributed by atoms with van der Waals surface area (Å²) in [7, 11) is -1.74. The van der Waals surface area contributed by atoms with Gasteiger partial charge in [-0.3, -0.25) is 4.99 Å². The molecule has 0 saturated carbocycles. The van der Waals surface area contributed by atoms with E-state index in [1.165, 1.54) is 0 Å². The molecule has 0 spiro atoms. The highest BCUT2D eigenvalue weighted by atomic mass is 35.5. The number of aliphatic hydroxyl groups is 1. The maximum atomic E-state index is 12.2. The Labute approximate surface area is 216 Å². The zero-order valence-corrected chi connectivity index (χ0v) is 21.8. The van der Waals surface area contributed by atoms with Crippen LogP contribution in [0.15, 0.2) is 52.4 Å². The number of sulfone groups is 1. The molecule has 0 aromatic heterocycles. The van der Waals surface area contributed by atoms with Crippen molar-refractivity contribution in [1.29, 1.82) is 0 Å². The molecule has 5 nitrogen and oxygen atoms in total. The number of rotatable bonds is 7. The number of aliphatic imine (C=N–C) groups is 1. The predicted molar refractivity (Wildman–Crippen MR) is 140 cm³/mol. The molecule has 3 aromatic rings. The minimum Gasteiger partial charge on any atom is -0.495 e. The molecule has 35 heavy (non-hydrogen) atoms. The number of methoxy groups -OCH3 is 1. The predicted octanol–water partition coefficient (Wildman–Crippen LogP) is 6.25. The van der Waals surface area contributed by atoms with Gasteiger partial charge in [0.2, 0.25) is 0 Å². The summed E-state index contributed by atoms with van der Waals surface area (Å²) in [6, 6.07) is 18.0. The van der Waals surface area contributed by atoms with Crippen LogP contribution < -0.4 is 4.74 Å². The summed E-state index contributed by atoms with van der Waals surface area (Å²) in [5.41, 5.74) is 4.28. The first-order valence-corrected chi connectivity index (χ1v) is 13.7. The van der Waals surface area contributed by atoms with Gasteiger partial charge < -0.3 is 9.84 Å². The van der Waals surface area contributed by atoms with Crippen molar-refractivity contribution in [3.8, 4) is 16.9 Å². The molecule has 4 rings (SSSR count). The van der Waals surface area contributed by atoms with E-state index >= 15 is 0 Å². The SMILES string of the molecule is CCS(=O)(=O)c1ccc(C(CO)C2=Nc3c(cc(Cl)c(-c4c#cccc4OC)c3Cl)CCC2)cc1. The summed E-state index contributed by atoms with van der Waals surface area (Å²) in [4.78, 5) is 5.20. The first-order chi connectivity index (χ1) is 16.8. The normalized spacial score (nSPS) is 14.4. The van der Waals surface area contributed by atoms with E-state index in [0.717, 1.165) is 29.7 Å². The van der Waals surface area contributed by atoms with Crippen LogP contribution in [0.1, 0.15) is 36.8 Å². The van der Waals surface area contributed by atoms with Crippen molar-refractivity contribution < 1.29 is 18.3 Å². The van der Waals surface area contributed by atoms with E-state index in [9.17, 15) is 13.5 Å². The molecule has 1 aliphatic rings. The number of hydrogen-bond acceptors (Lipinski definition) is 5. The number of halogens is 2. The number of aryl methyl sites for hydroxylation is 1. The van der Waals surface area contributed by atoms with Crippen molar-refractivity contribution in [1.82, 2.24) is 0 Å². The Kier molecular flexibility index (Phi) is 7.73. The summed E-state index contributed by atoms with van der Waals surface area (Å²) in [5.74, 6) is 0.214. The van der Waals surface area contributed by atoms with Gasteiger partial charge in [0, 0.05) is 17.2 Å². The quantitative estimate of drug-likeness (QED) is 0.392.